The lowest BCUT2D eigenvalue weighted by Gasteiger charge is -2.54. The van der Waals surface area contributed by atoms with Crippen molar-refractivity contribution >= 4 is 22.8 Å². The van der Waals surface area contributed by atoms with Crippen molar-refractivity contribution in [3.8, 4) is 11.8 Å². The molecule has 4 heterocycles. The van der Waals surface area contributed by atoms with Crippen LogP contribution < -0.4 is 11.1 Å². The molecule has 0 radical (unpaired) electrons. The van der Waals surface area contributed by atoms with Crippen LogP contribution in [0.4, 0.5) is 0 Å². The van der Waals surface area contributed by atoms with E-state index in [-0.39, 0.29) is 23.7 Å². The van der Waals surface area contributed by atoms with E-state index in [1.54, 1.807) is 17.7 Å². The third-order valence-electron chi connectivity index (χ3n) is 6.84. The molecule has 2 aromatic heterocycles. The third kappa shape index (κ3) is 3.03. The molecule has 0 bridgehead atoms. The standard InChI is InChI=1S/C22H27ClN4O2/c1-13(2)22(4)8-6-7-16-11-17(9-14(3)27(16)22)26-19-18(10-15(23)12-24-19)25(5)20(28)21(26)29/h10,12-14,16-17H,7,9,11H2,1-5H3. The second-order valence-corrected chi connectivity index (χ2v) is 9.32. The third-order valence-corrected chi connectivity index (χ3v) is 7.05. The smallest absolute Gasteiger partial charge is 0.304 e. The van der Waals surface area contributed by atoms with Gasteiger partial charge in [0.05, 0.1) is 16.1 Å². The summed E-state index contributed by atoms with van der Waals surface area (Å²) in [7, 11) is 1.59. The Hall–Kier alpha value is -2.10. The fourth-order valence-electron chi connectivity index (χ4n) is 5.12. The SMILES string of the molecule is CC1CC(n2c(=O)c(=O)n(C)c3cc(Cl)cnc32)CC2CC#CC(C)(C(C)C)N12. The first-order valence-electron chi connectivity index (χ1n) is 10.2. The molecule has 0 saturated carbocycles. The van der Waals surface area contributed by atoms with Gasteiger partial charge in [0, 0.05) is 37.8 Å². The summed E-state index contributed by atoms with van der Waals surface area (Å²) in [4.78, 5) is 32.6. The number of rotatable bonds is 2. The second kappa shape index (κ2) is 7.00. The molecule has 1 saturated heterocycles. The first-order chi connectivity index (χ1) is 13.6. The highest BCUT2D eigenvalue weighted by Crippen LogP contribution is 2.41. The van der Waals surface area contributed by atoms with Crippen LogP contribution in [-0.2, 0) is 7.05 Å². The van der Waals surface area contributed by atoms with Crippen molar-refractivity contribution in [1.29, 1.82) is 0 Å². The quantitative estimate of drug-likeness (QED) is 0.560. The molecular formula is C22H27ClN4O2. The van der Waals surface area contributed by atoms with Crippen molar-refractivity contribution < 1.29 is 0 Å². The van der Waals surface area contributed by atoms with E-state index in [1.807, 2.05) is 0 Å². The van der Waals surface area contributed by atoms with Crippen molar-refractivity contribution in [2.45, 2.75) is 70.6 Å². The molecule has 0 aromatic carbocycles. The van der Waals surface area contributed by atoms with Gasteiger partial charge in [0.25, 0.3) is 0 Å². The van der Waals surface area contributed by atoms with Gasteiger partial charge in [-0.3, -0.25) is 19.1 Å². The lowest BCUT2D eigenvalue weighted by Crippen LogP contribution is -2.62. The second-order valence-electron chi connectivity index (χ2n) is 8.88. The molecule has 29 heavy (non-hydrogen) atoms. The molecule has 0 aliphatic carbocycles. The number of piperidine rings is 1. The summed E-state index contributed by atoms with van der Waals surface area (Å²) in [5.41, 5.74) is -0.159. The molecule has 2 aliphatic rings. The maximum Gasteiger partial charge on any atom is 0.318 e. The molecule has 0 N–H and O–H groups in total. The fourth-order valence-corrected chi connectivity index (χ4v) is 5.27. The lowest BCUT2D eigenvalue weighted by molar-refractivity contribution is -0.0227. The van der Waals surface area contributed by atoms with Crippen LogP contribution in [0.3, 0.4) is 0 Å². The first-order valence-corrected chi connectivity index (χ1v) is 10.6. The monoisotopic (exact) mass is 414 g/mol. The van der Waals surface area contributed by atoms with Gasteiger partial charge in [-0.05, 0) is 38.7 Å². The Kier molecular flexibility index (Phi) is 4.87. The van der Waals surface area contributed by atoms with Gasteiger partial charge in [0.15, 0.2) is 5.65 Å². The average Bonchev–Trinajstić information content (AvgIpc) is 2.66. The van der Waals surface area contributed by atoms with Crippen LogP contribution in [-0.4, -0.2) is 36.6 Å². The Labute approximate surface area is 175 Å². The maximum atomic E-state index is 13.0. The summed E-state index contributed by atoms with van der Waals surface area (Å²) in [6.07, 6.45) is 3.85. The minimum Gasteiger partial charge on any atom is -0.304 e. The van der Waals surface area contributed by atoms with Crippen LogP contribution in [0.15, 0.2) is 21.9 Å². The van der Waals surface area contributed by atoms with Gasteiger partial charge in [0.1, 0.15) is 0 Å². The minimum atomic E-state index is -0.549. The van der Waals surface area contributed by atoms with Crippen LogP contribution in [0.5, 0.6) is 0 Å². The molecule has 4 unspecified atom stereocenters. The Morgan fingerprint density at radius 3 is 2.66 bits per heavy atom. The molecule has 2 aromatic rings. The largest absolute Gasteiger partial charge is 0.318 e. The van der Waals surface area contributed by atoms with Crippen LogP contribution in [0.25, 0.3) is 11.2 Å². The molecule has 2 aliphatic heterocycles. The van der Waals surface area contributed by atoms with Crippen molar-refractivity contribution in [2.24, 2.45) is 13.0 Å². The number of aryl methyl sites for hydroxylation is 1. The summed E-state index contributed by atoms with van der Waals surface area (Å²) in [5, 5.41) is 0.441. The number of nitrogens with zero attached hydrogens (tertiary/aromatic N) is 4. The lowest BCUT2D eigenvalue weighted by atomic mass is 9.77. The summed E-state index contributed by atoms with van der Waals surface area (Å²) >= 11 is 6.11. The van der Waals surface area contributed by atoms with Crippen molar-refractivity contribution in [3.63, 3.8) is 0 Å². The summed E-state index contributed by atoms with van der Waals surface area (Å²) in [6.45, 7) is 8.84. The van der Waals surface area contributed by atoms with Crippen LogP contribution in [0, 0.1) is 17.8 Å². The van der Waals surface area contributed by atoms with E-state index in [0.29, 0.717) is 22.1 Å². The minimum absolute atomic E-state index is 0.0971. The van der Waals surface area contributed by atoms with Crippen LogP contribution in [0.2, 0.25) is 5.02 Å². The van der Waals surface area contributed by atoms with Gasteiger partial charge < -0.3 is 4.57 Å². The molecule has 6 nitrogen and oxygen atoms in total. The van der Waals surface area contributed by atoms with Crippen molar-refractivity contribution in [3.05, 3.63) is 38.0 Å². The Balaban J connectivity index is 1.83. The predicted octanol–water partition coefficient (Wildman–Crippen LogP) is 2.96. The Bertz CT molecular complexity index is 1160. The molecule has 0 spiro atoms. The summed E-state index contributed by atoms with van der Waals surface area (Å²) < 4.78 is 2.95. The van der Waals surface area contributed by atoms with E-state index in [0.717, 1.165) is 19.3 Å². The number of pyridine rings is 1. The summed E-state index contributed by atoms with van der Waals surface area (Å²) in [5.74, 6) is 7.22. The molecule has 1 fully saturated rings. The van der Waals surface area contributed by atoms with E-state index in [2.05, 4.69) is 49.4 Å². The van der Waals surface area contributed by atoms with E-state index >= 15 is 0 Å². The number of aromatic nitrogens is 3. The van der Waals surface area contributed by atoms with Crippen LogP contribution in [0.1, 0.15) is 53.0 Å². The zero-order chi connectivity index (χ0) is 21.1. The number of fused-ring (bicyclic) bond motifs is 2. The zero-order valence-electron chi connectivity index (χ0n) is 17.6. The van der Waals surface area contributed by atoms with Gasteiger partial charge in [-0.25, -0.2) is 4.98 Å². The normalized spacial score (nSPS) is 29.6. The highest BCUT2D eigenvalue weighted by molar-refractivity contribution is 6.31. The van der Waals surface area contributed by atoms with Gasteiger partial charge in [0.2, 0.25) is 0 Å². The van der Waals surface area contributed by atoms with Gasteiger partial charge in [-0.2, -0.15) is 0 Å². The Morgan fingerprint density at radius 1 is 1.24 bits per heavy atom. The molecule has 0 amide bonds. The molecule has 7 heteroatoms. The first kappa shape index (κ1) is 20.2. The fraction of sp³-hybridized carbons (Fsp3) is 0.591. The van der Waals surface area contributed by atoms with Crippen LogP contribution >= 0.6 is 11.6 Å². The van der Waals surface area contributed by atoms with E-state index < -0.39 is 11.1 Å². The number of halogens is 1. The summed E-state index contributed by atoms with van der Waals surface area (Å²) in [6, 6.07) is 2.08. The van der Waals surface area contributed by atoms with E-state index in [1.165, 1.54) is 10.8 Å². The van der Waals surface area contributed by atoms with E-state index in [9.17, 15) is 9.59 Å². The molecule has 154 valence electrons. The predicted molar refractivity (Wildman–Crippen MR) is 115 cm³/mol. The maximum absolute atomic E-state index is 13.0. The van der Waals surface area contributed by atoms with Crippen molar-refractivity contribution in [1.82, 2.24) is 19.0 Å². The molecular weight excluding hydrogens is 388 g/mol. The topological polar surface area (TPSA) is 60.1 Å². The highest BCUT2D eigenvalue weighted by Gasteiger charge is 2.46. The highest BCUT2D eigenvalue weighted by atomic mass is 35.5. The Morgan fingerprint density at radius 2 is 1.97 bits per heavy atom. The molecule has 4 atom stereocenters. The van der Waals surface area contributed by atoms with Gasteiger partial charge in [-0.1, -0.05) is 37.3 Å². The van der Waals surface area contributed by atoms with E-state index in [4.69, 9.17) is 11.6 Å². The van der Waals surface area contributed by atoms with Crippen molar-refractivity contribution in [2.75, 3.05) is 0 Å². The molecule has 4 rings (SSSR count). The zero-order valence-corrected chi connectivity index (χ0v) is 18.3. The average molecular weight is 415 g/mol. The van der Waals surface area contributed by atoms with Gasteiger partial charge >= 0.3 is 11.1 Å². The number of hydrogen-bond acceptors (Lipinski definition) is 4. The number of hydrogen-bond donors (Lipinski definition) is 0. The van der Waals surface area contributed by atoms with Gasteiger partial charge in [-0.15, -0.1) is 0 Å².